The van der Waals surface area contributed by atoms with Crippen molar-refractivity contribution >= 4 is 0 Å². The molecule has 0 aromatic carbocycles. The number of ether oxygens (including phenoxy) is 1. The van der Waals surface area contributed by atoms with E-state index in [0.717, 1.165) is 18.4 Å². The number of aryl methyl sites for hydroxylation is 1. The first-order chi connectivity index (χ1) is 6.77. The average Bonchev–Trinajstić information content (AvgIpc) is 2.68. The van der Waals surface area contributed by atoms with Gasteiger partial charge in [-0.3, -0.25) is 0 Å². The lowest BCUT2D eigenvalue weighted by Crippen LogP contribution is -2.22. The quantitative estimate of drug-likeness (QED) is 0.668. The maximum Gasteiger partial charge on any atom is 0.182 e. The van der Waals surface area contributed by atoms with Gasteiger partial charge >= 0.3 is 0 Å². The molecule has 0 spiro atoms. The van der Waals surface area contributed by atoms with E-state index in [0.29, 0.717) is 12.4 Å². The number of aromatic nitrogens is 2. The second kappa shape index (κ2) is 3.35. The molecule has 72 valence electrons. The number of hydrogen-bond acceptors (Lipinski definition) is 4. The first-order valence-corrected chi connectivity index (χ1v) is 4.61. The predicted octanol–water partition coefficient (Wildman–Crippen LogP) is 1.31. The standard InChI is InChI=1S/C10H11N3O/c1-8-12-5-9(6-13-8)10(7-11)3-2-4-14-10/h5-6H,2-4H2,1H3/t10-/m1/s1. The molecule has 1 aliphatic heterocycles. The topological polar surface area (TPSA) is 58.8 Å². The van der Waals surface area contributed by atoms with Gasteiger partial charge in [0.2, 0.25) is 0 Å². The van der Waals surface area contributed by atoms with Crippen LogP contribution in [0.25, 0.3) is 0 Å². The predicted molar refractivity (Wildman–Crippen MR) is 49.2 cm³/mol. The average molecular weight is 189 g/mol. The first-order valence-electron chi connectivity index (χ1n) is 4.61. The fourth-order valence-corrected chi connectivity index (χ4v) is 1.62. The van der Waals surface area contributed by atoms with Crippen LogP contribution in [0.5, 0.6) is 0 Å². The second-order valence-corrected chi connectivity index (χ2v) is 3.41. The van der Waals surface area contributed by atoms with Crippen molar-refractivity contribution < 1.29 is 4.74 Å². The van der Waals surface area contributed by atoms with Crippen molar-refractivity contribution in [2.75, 3.05) is 6.61 Å². The van der Waals surface area contributed by atoms with Crippen LogP contribution in [0, 0.1) is 18.3 Å². The highest BCUT2D eigenvalue weighted by Gasteiger charge is 2.37. The lowest BCUT2D eigenvalue weighted by molar-refractivity contribution is 0.0489. The molecule has 1 fully saturated rings. The number of nitrogens with zero attached hydrogens (tertiary/aromatic N) is 3. The minimum Gasteiger partial charge on any atom is -0.356 e. The lowest BCUT2D eigenvalue weighted by atomic mass is 9.95. The molecule has 2 rings (SSSR count). The van der Waals surface area contributed by atoms with Gasteiger partial charge in [-0.2, -0.15) is 5.26 Å². The van der Waals surface area contributed by atoms with Crippen LogP contribution in [0.3, 0.4) is 0 Å². The van der Waals surface area contributed by atoms with Crippen molar-refractivity contribution in [3.63, 3.8) is 0 Å². The van der Waals surface area contributed by atoms with Gasteiger partial charge in [-0.05, 0) is 19.8 Å². The van der Waals surface area contributed by atoms with Crippen LogP contribution in [0.15, 0.2) is 12.4 Å². The van der Waals surface area contributed by atoms with E-state index in [1.54, 1.807) is 12.4 Å². The van der Waals surface area contributed by atoms with Gasteiger partial charge in [-0.1, -0.05) is 0 Å². The summed E-state index contributed by atoms with van der Waals surface area (Å²) in [6, 6.07) is 2.21. The Morgan fingerprint density at radius 1 is 1.50 bits per heavy atom. The third-order valence-corrected chi connectivity index (χ3v) is 2.45. The van der Waals surface area contributed by atoms with Gasteiger partial charge in [0.05, 0.1) is 0 Å². The van der Waals surface area contributed by atoms with Crippen LogP contribution < -0.4 is 0 Å². The summed E-state index contributed by atoms with van der Waals surface area (Å²) >= 11 is 0. The van der Waals surface area contributed by atoms with Crippen molar-refractivity contribution in [3.05, 3.63) is 23.8 Å². The summed E-state index contributed by atoms with van der Waals surface area (Å²) in [4.78, 5) is 8.15. The van der Waals surface area contributed by atoms with Crippen LogP contribution in [0.1, 0.15) is 24.2 Å². The highest BCUT2D eigenvalue weighted by molar-refractivity contribution is 5.25. The third-order valence-electron chi connectivity index (χ3n) is 2.45. The van der Waals surface area contributed by atoms with Crippen molar-refractivity contribution in [1.82, 2.24) is 9.97 Å². The van der Waals surface area contributed by atoms with Crippen LogP contribution in [-0.2, 0) is 10.3 Å². The minimum atomic E-state index is -0.798. The molecule has 0 N–H and O–H groups in total. The zero-order valence-electron chi connectivity index (χ0n) is 8.03. The van der Waals surface area contributed by atoms with E-state index in [1.165, 1.54) is 0 Å². The van der Waals surface area contributed by atoms with Crippen molar-refractivity contribution in [3.8, 4) is 6.07 Å². The maximum absolute atomic E-state index is 9.11. The molecule has 1 aliphatic rings. The Bertz CT molecular complexity index is 360. The molecular weight excluding hydrogens is 178 g/mol. The van der Waals surface area contributed by atoms with E-state index in [4.69, 9.17) is 10.00 Å². The number of hydrogen-bond donors (Lipinski definition) is 0. The van der Waals surface area contributed by atoms with Gasteiger partial charge < -0.3 is 4.74 Å². The summed E-state index contributed by atoms with van der Waals surface area (Å²) in [5, 5.41) is 9.11. The molecule has 1 aromatic heterocycles. The Morgan fingerprint density at radius 2 is 2.21 bits per heavy atom. The molecule has 4 heteroatoms. The maximum atomic E-state index is 9.11. The molecule has 4 nitrogen and oxygen atoms in total. The molecule has 0 bridgehead atoms. The fraction of sp³-hybridized carbons (Fsp3) is 0.500. The summed E-state index contributed by atoms with van der Waals surface area (Å²) in [6.45, 7) is 2.46. The molecule has 0 aliphatic carbocycles. The van der Waals surface area contributed by atoms with Crippen molar-refractivity contribution in [2.45, 2.75) is 25.4 Å². The zero-order chi connectivity index (χ0) is 10.0. The molecular formula is C10H11N3O. The number of nitriles is 1. The van der Waals surface area contributed by atoms with Gasteiger partial charge in [0.1, 0.15) is 11.9 Å². The van der Waals surface area contributed by atoms with Gasteiger partial charge in [0.15, 0.2) is 5.60 Å². The highest BCUT2D eigenvalue weighted by atomic mass is 16.5. The van der Waals surface area contributed by atoms with Gasteiger partial charge in [0.25, 0.3) is 0 Å². The molecule has 1 aromatic rings. The summed E-state index contributed by atoms with van der Waals surface area (Å²) in [6.07, 6.45) is 5.01. The van der Waals surface area contributed by atoms with Gasteiger partial charge in [-0.25, -0.2) is 9.97 Å². The van der Waals surface area contributed by atoms with Crippen LogP contribution in [-0.4, -0.2) is 16.6 Å². The Hall–Kier alpha value is -1.47. The lowest BCUT2D eigenvalue weighted by Gasteiger charge is -2.19. The van der Waals surface area contributed by atoms with Crippen LogP contribution in [0.2, 0.25) is 0 Å². The van der Waals surface area contributed by atoms with E-state index in [9.17, 15) is 0 Å². The largest absolute Gasteiger partial charge is 0.356 e. The third kappa shape index (κ3) is 1.36. The molecule has 0 amide bonds. The molecule has 2 heterocycles. The molecule has 1 saturated heterocycles. The van der Waals surface area contributed by atoms with Crippen molar-refractivity contribution in [1.29, 1.82) is 5.26 Å². The summed E-state index contributed by atoms with van der Waals surface area (Å²) in [5.41, 5.74) is -0.0312. The monoisotopic (exact) mass is 189 g/mol. The normalized spacial score (nSPS) is 26.0. The van der Waals surface area contributed by atoms with E-state index >= 15 is 0 Å². The number of rotatable bonds is 1. The smallest absolute Gasteiger partial charge is 0.182 e. The Kier molecular flexibility index (Phi) is 2.18. The molecule has 1 atom stereocenters. The first kappa shape index (κ1) is 9.10. The van der Waals surface area contributed by atoms with Crippen molar-refractivity contribution in [2.24, 2.45) is 0 Å². The summed E-state index contributed by atoms with van der Waals surface area (Å²) < 4.78 is 5.47. The SMILES string of the molecule is Cc1ncc([C@]2(C#N)CCCO2)cn1. The van der Waals surface area contributed by atoms with Gasteiger partial charge in [-0.15, -0.1) is 0 Å². The second-order valence-electron chi connectivity index (χ2n) is 3.41. The van der Waals surface area contributed by atoms with Crippen LogP contribution in [0.4, 0.5) is 0 Å². The summed E-state index contributed by atoms with van der Waals surface area (Å²) in [7, 11) is 0. The van der Waals surface area contributed by atoms with Crippen LogP contribution >= 0.6 is 0 Å². The van der Waals surface area contributed by atoms with E-state index < -0.39 is 5.60 Å². The minimum absolute atomic E-state index is 0.640. The molecule has 0 unspecified atom stereocenters. The van der Waals surface area contributed by atoms with E-state index in [1.807, 2.05) is 6.92 Å². The summed E-state index contributed by atoms with van der Waals surface area (Å²) in [5.74, 6) is 0.708. The molecule has 0 saturated carbocycles. The molecule has 0 radical (unpaired) electrons. The highest BCUT2D eigenvalue weighted by Crippen LogP contribution is 2.34. The Morgan fingerprint density at radius 3 is 2.71 bits per heavy atom. The van der Waals surface area contributed by atoms with E-state index in [2.05, 4.69) is 16.0 Å². The fourth-order valence-electron chi connectivity index (χ4n) is 1.62. The Balaban J connectivity index is 2.37. The Labute approximate surface area is 82.6 Å². The van der Waals surface area contributed by atoms with E-state index in [-0.39, 0.29) is 0 Å². The zero-order valence-corrected chi connectivity index (χ0v) is 8.03. The van der Waals surface area contributed by atoms with Gasteiger partial charge in [0, 0.05) is 24.6 Å². The molecule has 14 heavy (non-hydrogen) atoms.